The first-order valence-electron chi connectivity index (χ1n) is 6.80. The summed E-state index contributed by atoms with van der Waals surface area (Å²) < 4.78 is 0. The molecule has 1 unspecified atom stereocenters. The molecule has 0 saturated carbocycles. The molecule has 1 nitrogen and oxygen atoms in total. The summed E-state index contributed by atoms with van der Waals surface area (Å²) in [7, 11) is 0. The van der Waals surface area contributed by atoms with Gasteiger partial charge in [-0.05, 0) is 30.7 Å². The van der Waals surface area contributed by atoms with Crippen molar-refractivity contribution in [1.29, 1.82) is 0 Å². The fraction of sp³-hybridized carbons (Fsp3) is 0.562. The highest BCUT2D eigenvalue weighted by atomic mass is 16.1. The van der Waals surface area contributed by atoms with E-state index in [0.717, 1.165) is 30.7 Å². The van der Waals surface area contributed by atoms with E-state index >= 15 is 0 Å². The molecule has 2 rings (SSSR count). The number of carbonyl (C=O) groups excluding carboxylic acids is 1. The van der Waals surface area contributed by atoms with Crippen molar-refractivity contribution in [1.82, 2.24) is 0 Å². The number of hydrogen-bond acceptors (Lipinski definition) is 1. The van der Waals surface area contributed by atoms with Crippen LogP contribution in [0.2, 0.25) is 0 Å². The molecular weight excluding hydrogens is 208 g/mol. The lowest BCUT2D eigenvalue weighted by Crippen LogP contribution is -2.22. The monoisotopic (exact) mass is 230 g/mol. The van der Waals surface area contributed by atoms with E-state index in [1.165, 1.54) is 18.4 Å². The molecule has 0 spiro atoms. The molecule has 17 heavy (non-hydrogen) atoms. The molecule has 0 heterocycles. The van der Waals surface area contributed by atoms with Gasteiger partial charge < -0.3 is 0 Å². The van der Waals surface area contributed by atoms with Gasteiger partial charge in [0.2, 0.25) is 0 Å². The lowest BCUT2D eigenvalue weighted by molar-refractivity contribution is 0.0892. The summed E-state index contributed by atoms with van der Waals surface area (Å²) in [6, 6.07) is 8.10. The Morgan fingerprint density at radius 3 is 2.82 bits per heavy atom. The van der Waals surface area contributed by atoms with Crippen LogP contribution in [-0.4, -0.2) is 5.78 Å². The second kappa shape index (κ2) is 5.48. The summed E-state index contributed by atoms with van der Waals surface area (Å²) in [4.78, 5) is 12.3. The van der Waals surface area contributed by atoms with Gasteiger partial charge in [0, 0.05) is 11.5 Å². The first-order chi connectivity index (χ1) is 8.18. The Balaban J connectivity index is 1.98. The van der Waals surface area contributed by atoms with E-state index in [9.17, 15) is 4.79 Å². The number of fused-ring (bicyclic) bond motifs is 1. The summed E-state index contributed by atoms with van der Waals surface area (Å²) >= 11 is 0. The highest BCUT2D eigenvalue weighted by Crippen LogP contribution is 2.29. The Hall–Kier alpha value is -1.11. The molecular formula is C16H22O. The topological polar surface area (TPSA) is 17.1 Å². The van der Waals surface area contributed by atoms with Crippen LogP contribution in [0.15, 0.2) is 24.3 Å². The zero-order valence-electron chi connectivity index (χ0n) is 10.9. The molecule has 92 valence electrons. The SMILES string of the molecule is CC(C)CCCC1CCc2ccccc2C1=O. The van der Waals surface area contributed by atoms with E-state index in [1.807, 2.05) is 18.2 Å². The first kappa shape index (κ1) is 12.3. The molecule has 0 N–H and O–H groups in total. The average Bonchev–Trinajstić information content (AvgIpc) is 2.32. The Morgan fingerprint density at radius 2 is 2.06 bits per heavy atom. The highest BCUT2D eigenvalue weighted by molar-refractivity contribution is 6.00. The molecule has 0 radical (unpaired) electrons. The Bertz CT molecular complexity index is 392. The maximum atomic E-state index is 12.3. The van der Waals surface area contributed by atoms with Crippen LogP contribution < -0.4 is 0 Å². The smallest absolute Gasteiger partial charge is 0.166 e. The van der Waals surface area contributed by atoms with Crippen LogP contribution >= 0.6 is 0 Å². The zero-order valence-corrected chi connectivity index (χ0v) is 10.9. The molecule has 0 fully saturated rings. The summed E-state index contributed by atoms with van der Waals surface area (Å²) in [5, 5.41) is 0. The number of Topliss-reactive ketones (excluding diaryl/α,β-unsaturated/α-hetero) is 1. The van der Waals surface area contributed by atoms with Crippen molar-refractivity contribution in [2.75, 3.05) is 0 Å². The predicted octanol–water partition coefficient (Wildman–Crippen LogP) is 4.26. The minimum atomic E-state index is 0.281. The van der Waals surface area contributed by atoms with E-state index in [2.05, 4.69) is 19.9 Å². The molecule has 0 aromatic heterocycles. The number of rotatable bonds is 4. The van der Waals surface area contributed by atoms with Crippen molar-refractivity contribution in [3.05, 3.63) is 35.4 Å². The number of ketones is 1. The molecule has 1 aliphatic rings. The third-order valence-electron chi connectivity index (χ3n) is 3.75. The van der Waals surface area contributed by atoms with Crippen LogP contribution in [0.5, 0.6) is 0 Å². The predicted molar refractivity (Wildman–Crippen MR) is 71.3 cm³/mol. The van der Waals surface area contributed by atoms with Crippen molar-refractivity contribution in [3.63, 3.8) is 0 Å². The van der Waals surface area contributed by atoms with Crippen LogP contribution in [-0.2, 0) is 6.42 Å². The van der Waals surface area contributed by atoms with E-state index in [4.69, 9.17) is 0 Å². The fourth-order valence-electron chi connectivity index (χ4n) is 2.71. The van der Waals surface area contributed by atoms with Crippen LogP contribution in [0.4, 0.5) is 0 Å². The molecule has 0 aliphatic heterocycles. The third kappa shape index (κ3) is 2.96. The standard InChI is InChI=1S/C16H22O/c1-12(2)6-5-8-14-11-10-13-7-3-4-9-15(13)16(14)17/h3-4,7,9,12,14H,5-6,8,10-11H2,1-2H3. The Labute approximate surface area is 104 Å². The summed E-state index contributed by atoms with van der Waals surface area (Å²) in [6.07, 6.45) is 5.63. The Kier molecular flexibility index (Phi) is 3.98. The molecule has 1 aromatic rings. The fourth-order valence-corrected chi connectivity index (χ4v) is 2.71. The maximum Gasteiger partial charge on any atom is 0.166 e. The molecule has 1 aliphatic carbocycles. The van der Waals surface area contributed by atoms with E-state index in [0.29, 0.717) is 5.78 Å². The van der Waals surface area contributed by atoms with Gasteiger partial charge in [-0.25, -0.2) is 0 Å². The molecule has 0 bridgehead atoms. The number of carbonyl (C=O) groups is 1. The zero-order chi connectivity index (χ0) is 12.3. The van der Waals surface area contributed by atoms with Gasteiger partial charge in [0.15, 0.2) is 5.78 Å². The number of aryl methyl sites for hydroxylation is 1. The second-order valence-corrected chi connectivity index (χ2v) is 5.58. The molecule has 1 atom stereocenters. The van der Waals surface area contributed by atoms with Crippen LogP contribution in [0, 0.1) is 11.8 Å². The second-order valence-electron chi connectivity index (χ2n) is 5.58. The van der Waals surface area contributed by atoms with Crippen LogP contribution in [0.25, 0.3) is 0 Å². The van der Waals surface area contributed by atoms with Crippen molar-refractivity contribution < 1.29 is 4.79 Å². The van der Waals surface area contributed by atoms with Gasteiger partial charge >= 0.3 is 0 Å². The van der Waals surface area contributed by atoms with Gasteiger partial charge in [-0.15, -0.1) is 0 Å². The molecule has 1 aromatic carbocycles. The molecule has 1 heteroatoms. The maximum absolute atomic E-state index is 12.3. The van der Waals surface area contributed by atoms with E-state index in [1.54, 1.807) is 0 Å². The van der Waals surface area contributed by atoms with Crippen molar-refractivity contribution in [3.8, 4) is 0 Å². The van der Waals surface area contributed by atoms with Crippen molar-refractivity contribution in [2.45, 2.75) is 46.0 Å². The largest absolute Gasteiger partial charge is 0.294 e. The summed E-state index contributed by atoms with van der Waals surface area (Å²) in [5.41, 5.74) is 2.23. The van der Waals surface area contributed by atoms with Gasteiger partial charge in [0.05, 0.1) is 0 Å². The number of benzene rings is 1. The van der Waals surface area contributed by atoms with Gasteiger partial charge in [-0.3, -0.25) is 4.79 Å². The Morgan fingerprint density at radius 1 is 1.29 bits per heavy atom. The highest BCUT2D eigenvalue weighted by Gasteiger charge is 2.26. The minimum absolute atomic E-state index is 0.281. The van der Waals surface area contributed by atoms with Crippen LogP contribution in [0.1, 0.15) is 55.5 Å². The van der Waals surface area contributed by atoms with Gasteiger partial charge in [-0.1, -0.05) is 51.0 Å². The lowest BCUT2D eigenvalue weighted by atomic mass is 9.80. The quantitative estimate of drug-likeness (QED) is 0.755. The summed E-state index contributed by atoms with van der Waals surface area (Å²) in [5.74, 6) is 1.42. The van der Waals surface area contributed by atoms with E-state index in [-0.39, 0.29) is 5.92 Å². The third-order valence-corrected chi connectivity index (χ3v) is 3.75. The number of hydrogen-bond donors (Lipinski definition) is 0. The van der Waals surface area contributed by atoms with Crippen molar-refractivity contribution >= 4 is 5.78 Å². The molecule has 0 saturated heterocycles. The van der Waals surface area contributed by atoms with Gasteiger partial charge in [0.1, 0.15) is 0 Å². The van der Waals surface area contributed by atoms with Gasteiger partial charge in [0.25, 0.3) is 0 Å². The van der Waals surface area contributed by atoms with Crippen molar-refractivity contribution in [2.24, 2.45) is 11.8 Å². The lowest BCUT2D eigenvalue weighted by Gasteiger charge is -2.23. The average molecular weight is 230 g/mol. The normalized spacial score (nSPS) is 19.5. The first-order valence-corrected chi connectivity index (χ1v) is 6.80. The molecule has 0 amide bonds. The van der Waals surface area contributed by atoms with Gasteiger partial charge in [-0.2, -0.15) is 0 Å². The summed E-state index contributed by atoms with van der Waals surface area (Å²) in [6.45, 7) is 4.50. The van der Waals surface area contributed by atoms with E-state index < -0.39 is 0 Å². The van der Waals surface area contributed by atoms with Crippen LogP contribution in [0.3, 0.4) is 0 Å². The minimum Gasteiger partial charge on any atom is -0.294 e.